The number of sulfonamides is 1. The van der Waals surface area contributed by atoms with E-state index in [9.17, 15) is 13.2 Å². The van der Waals surface area contributed by atoms with Crippen molar-refractivity contribution in [2.75, 3.05) is 39.3 Å². The van der Waals surface area contributed by atoms with E-state index in [4.69, 9.17) is 11.6 Å². The topological polar surface area (TPSA) is 69.7 Å². The van der Waals surface area contributed by atoms with Crippen LogP contribution >= 0.6 is 24.0 Å². The number of benzene rings is 1. The third-order valence-corrected chi connectivity index (χ3v) is 6.58. The van der Waals surface area contributed by atoms with Crippen molar-refractivity contribution in [2.45, 2.75) is 11.3 Å². The average Bonchev–Trinajstić information content (AvgIpc) is 3.09. The van der Waals surface area contributed by atoms with Crippen molar-refractivity contribution in [2.24, 2.45) is 5.92 Å². The minimum absolute atomic E-state index is 0. The minimum atomic E-state index is -3.52. The zero-order chi connectivity index (χ0) is 16.4. The molecule has 0 saturated carbocycles. The van der Waals surface area contributed by atoms with Crippen LogP contribution in [0.4, 0.5) is 0 Å². The molecule has 1 amide bonds. The number of hydrogen-bond acceptors (Lipinski definition) is 4. The van der Waals surface area contributed by atoms with Gasteiger partial charge in [0, 0.05) is 37.7 Å². The Morgan fingerprint density at radius 2 is 1.75 bits per heavy atom. The second-order valence-electron chi connectivity index (χ2n) is 5.87. The van der Waals surface area contributed by atoms with Gasteiger partial charge >= 0.3 is 0 Å². The minimum Gasteiger partial charge on any atom is -0.340 e. The molecule has 1 atom stereocenters. The van der Waals surface area contributed by atoms with E-state index in [1.807, 2.05) is 0 Å². The molecular formula is C15H21Cl2N3O3S. The Morgan fingerprint density at radius 3 is 2.29 bits per heavy atom. The average molecular weight is 394 g/mol. The predicted molar refractivity (Wildman–Crippen MR) is 95.0 cm³/mol. The largest absolute Gasteiger partial charge is 0.340 e. The molecular weight excluding hydrogens is 373 g/mol. The van der Waals surface area contributed by atoms with Crippen molar-refractivity contribution in [3.63, 3.8) is 0 Å². The molecule has 2 aliphatic heterocycles. The first kappa shape index (κ1) is 19.5. The fourth-order valence-corrected chi connectivity index (χ4v) is 4.58. The summed E-state index contributed by atoms with van der Waals surface area (Å²) in [5.74, 6) is 0.174. The molecule has 3 rings (SSSR count). The van der Waals surface area contributed by atoms with E-state index in [0.717, 1.165) is 19.5 Å². The second kappa shape index (κ2) is 8.01. The van der Waals surface area contributed by atoms with Gasteiger partial charge in [-0.3, -0.25) is 4.79 Å². The van der Waals surface area contributed by atoms with Crippen molar-refractivity contribution in [1.29, 1.82) is 0 Å². The first-order valence-corrected chi connectivity index (χ1v) is 9.55. The number of hydrogen-bond donors (Lipinski definition) is 1. The summed E-state index contributed by atoms with van der Waals surface area (Å²) in [5.41, 5.74) is 0. The molecule has 6 nitrogen and oxygen atoms in total. The number of nitrogens with one attached hydrogen (secondary N) is 1. The highest BCUT2D eigenvalue weighted by Gasteiger charge is 2.33. The summed E-state index contributed by atoms with van der Waals surface area (Å²) < 4.78 is 26.6. The summed E-state index contributed by atoms with van der Waals surface area (Å²) >= 11 is 5.81. The van der Waals surface area contributed by atoms with Crippen molar-refractivity contribution in [1.82, 2.24) is 14.5 Å². The van der Waals surface area contributed by atoms with Gasteiger partial charge in [0.25, 0.3) is 0 Å². The van der Waals surface area contributed by atoms with E-state index in [0.29, 0.717) is 31.2 Å². The highest BCUT2D eigenvalue weighted by Crippen LogP contribution is 2.21. The van der Waals surface area contributed by atoms with Gasteiger partial charge in [0.2, 0.25) is 15.9 Å². The molecule has 2 aliphatic rings. The van der Waals surface area contributed by atoms with E-state index in [1.165, 1.54) is 16.4 Å². The third kappa shape index (κ3) is 4.03. The Labute approximate surface area is 153 Å². The van der Waals surface area contributed by atoms with Crippen molar-refractivity contribution < 1.29 is 13.2 Å². The van der Waals surface area contributed by atoms with Gasteiger partial charge in [0.15, 0.2) is 0 Å². The van der Waals surface area contributed by atoms with Crippen molar-refractivity contribution in [3.05, 3.63) is 29.3 Å². The Balaban J connectivity index is 0.00000208. The van der Waals surface area contributed by atoms with Gasteiger partial charge in [-0.25, -0.2) is 8.42 Å². The zero-order valence-corrected chi connectivity index (χ0v) is 15.5. The highest BCUT2D eigenvalue weighted by atomic mass is 35.5. The molecule has 0 radical (unpaired) electrons. The van der Waals surface area contributed by atoms with Gasteiger partial charge < -0.3 is 10.2 Å². The molecule has 24 heavy (non-hydrogen) atoms. The number of halogens is 2. The molecule has 9 heteroatoms. The van der Waals surface area contributed by atoms with Gasteiger partial charge in [0.05, 0.1) is 10.8 Å². The monoisotopic (exact) mass is 393 g/mol. The standard InChI is InChI=1S/C15H20ClN3O3S.ClH/c16-13-1-3-14(4-2-13)23(21,22)19-9-7-18(8-10-19)15(20)12-5-6-17-11-12;/h1-4,12,17H,5-11H2;1H. The fourth-order valence-electron chi connectivity index (χ4n) is 3.03. The van der Waals surface area contributed by atoms with Gasteiger partial charge in [-0.15, -0.1) is 12.4 Å². The lowest BCUT2D eigenvalue weighted by atomic mass is 10.1. The molecule has 1 aromatic rings. The third-order valence-electron chi connectivity index (χ3n) is 4.41. The van der Waals surface area contributed by atoms with Crippen molar-refractivity contribution >= 4 is 39.9 Å². The van der Waals surface area contributed by atoms with Crippen LogP contribution in [0.1, 0.15) is 6.42 Å². The quantitative estimate of drug-likeness (QED) is 0.837. The molecule has 2 saturated heterocycles. The van der Waals surface area contributed by atoms with Crippen LogP contribution in [0.15, 0.2) is 29.2 Å². The van der Waals surface area contributed by atoms with Gasteiger partial charge in [-0.2, -0.15) is 4.31 Å². The van der Waals surface area contributed by atoms with Crippen molar-refractivity contribution in [3.8, 4) is 0 Å². The molecule has 0 aliphatic carbocycles. The highest BCUT2D eigenvalue weighted by molar-refractivity contribution is 7.89. The smallest absolute Gasteiger partial charge is 0.243 e. The summed E-state index contributed by atoms with van der Waals surface area (Å²) in [5, 5.41) is 3.69. The van der Waals surface area contributed by atoms with Crippen LogP contribution in [-0.4, -0.2) is 62.8 Å². The summed E-state index contributed by atoms with van der Waals surface area (Å²) in [6.45, 7) is 3.15. The second-order valence-corrected chi connectivity index (χ2v) is 8.25. The van der Waals surface area contributed by atoms with Gasteiger partial charge in [-0.1, -0.05) is 11.6 Å². The van der Waals surface area contributed by atoms with Crippen LogP contribution in [0.25, 0.3) is 0 Å². The van der Waals surface area contributed by atoms with E-state index < -0.39 is 10.0 Å². The Hall–Kier alpha value is -0.860. The van der Waals surface area contributed by atoms with Crippen LogP contribution < -0.4 is 5.32 Å². The maximum atomic E-state index is 12.6. The van der Waals surface area contributed by atoms with Gasteiger partial charge in [-0.05, 0) is 37.2 Å². The Bertz CT molecular complexity index is 668. The van der Waals surface area contributed by atoms with Crippen LogP contribution in [-0.2, 0) is 14.8 Å². The maximum Gasteiger partial charge on any atom is 0.243 e. The Morgan fingerprint density at radius 1 is 1.12 bits per heavy atom. The summed E-state index contributed by atoms with van der Waals surface area (Å²) in [6, 6.07) is 6.17. The van der Waals surface area contributed by atoms with Crippen LogP contribution in [0.3, 0.4) is 0 Å². The summed E-state index contributed by atoms with van der Waals surface area (Å²) in [4.78, 5) is 14.4. The Kier molecular flexibility index (Phi) is 6.50. The zero-order valence-electron chi connectivity index (χ0n) is 13.2. The number of rotatable bonds is 3. The van der Waals surface area contributed by atoms with Crippen LogP contribution in [0.5, 0.6) is 0 Å². The lowest BCUT2D eigenvalue weighted by Gasteiger charge is -2.35. The number of nitrogens with zero attached hydrogens (tertiary/aromatic N) is 2. The molecule has 0 bridgehead atoms. The molecule has 0 spiro atoms. The molecule has 1 N–H and O–H groups in total. The molecule has 134 valence electrons. The molecule has 1 aromatic carbocycles. The number of piperazine rings is 1. The van der Waals surface area contributed by atoms with Crippen LogP contribution in [0.2, 0.25) is 5.02 Å². The molecule has 0 aromatic heterocycles. The van der Waals surface area contributed by atoms with E-state index in [2.05, 4.69) is 5.32 Å². The summed E-state index contributed by atoms with van der Waals surface area (Å²) in [6.07, 6.45) is 0.863. The molecule has 2 heterocycles. The molecule has 2 fully saturated rings. The summed E-state index contributed by atoms with van der Waals surface area (Å²) in [7, 11) is -3.52. The first-order valence-electron chi connectivity index (χ1n) is 7.74. The van der Waals surface area contributed by atoms with Gasteiger partial charge in [0.1, 0.15) is 0 Å². The van der Waals surface area contributed by atoms with E-state index in [-0.39, 0.29) is 29.1 Å². The maximum absolute atomic E-state index is 12.6. The fraction of sp³-hybridized carbons (Fsp3) is 0.533. The van der Waals surface area contributed by atoms with E-state index in [1.54, 1.807) is 17.0 Å². The molecule has 1 unspecified atom stereocenters. The normalized spacial score (nSPS) is 22.2. The lowest BCUT2D eigenvalue weighted by Crippen LogP contribution is -2.52. The first-order chi connectivity index (χ1) is 11.0. The number of amides is 1. The van der Waals surface area contributed by atoms with Crippen LogP contribution in [0, 0.1) is 5.92 Å². The lowest BCUT2D eigenvalue weighted by molar-refractivity contribution is -0.136. The SMILES string of the molecule is Cl.O=C(C1CCNC1)N1CCN(S(=O)(=O)c2ccc(Cl)cc2)CC1. The number of carbonyl (C=O) groups is 1. The number of carbonyl (C=O) groups excluding carboxylic acids is 1. The predicted octanol–water partition coefficient (Wildman–Crippen LogP) is 1.20. The van der Waals surface area contributed by atoms with E-state index >= 15 is 0 Å².